The van der Waals surface area contributed by atoms with Gasteiger partial charge in [0.25, 0.3) is 5.91 Å². The smallest absolute Gasteiger partial charge is 0.256 e. The van der Waals surface area contributed by atoms with E-state index in [2.05, 4.69) is 16.0 Å². The molecule has 0 aromatic heterocycles. The molecule has 0 aliphatic rings. The highest BCUT2D eigenvalue weighted by Gasteiger charge is 2.13. The average Bonchev–Trinajstić information content (AvgIpc) is 2.74. The van der Waals surface area contributed by atoms with Gasteiger partial charge in [-0.2, -0.15) is 0 Å². The number of benzene rings is 3. The first kappa shape index (κ1) is 22.1. The van der Waals surface area contributed by atoms with Crippen LogP contribution in [0.4, 0.5) is 17.1 Å². The zero-order valence-corrected chi connectivity index (χ0v) is 18.1. The Labute approximate surface area is 185 Å². The molecule has 0 atom stereocenters. The van der Waals surface area contributed by atoms with E-state index < -0.39 is 0 Å². The fraction of sp³-hybridized carbons (Fsp3) is 0.125. The van der Waals surface area contributed by atoms with E-state index in [1.165, 1.54) is 18.7 Å². The van der Waals surface area contributed by atoms with Gasteiger partial charge in [-0.05, 0) is 49.4 Å². The van der Waals surface area contributed by atoms with Crippen LogP contribution in [0.1, 0.15) is 22.8 Å². The van der Waals surface area contributed by atoms with Gasteiger partial charge in [-0.1, -0.05) is 35.9 Å². The lowest BCUT2D eigenvalue weighted by Gasteiger charge is -2.11. The van der Waals surface area contributed by atoms with Crippen molar-refractivity contribution in [1.29, 1.82) is 0 Å². The van der Waals surface area contributed by atoms with E-state index in [4.69, 9.17) is 0 Å². The van der Waals surface area contributed by atoms with Crippen LogP contribution in [-0.4, -0.2) is 23.5 Å². The van der Waals surface area contributed by atoms with Gasteiger partial charge >= 0.3 is 0 Å². The lowest BCUT2D eigenvalue weighted by molar-refractivity contribution is -0.114. The minimum Gasteiger partial charge on any atom is -0.326 e. The number of hydrogen-bond donors (Lipinski definition) is 3. The van der Waals surface area contributed by atoms with Crippen LogP contribution in [0.5, 0.6) is 0 Å². The molecule has 3 aromatic carbocycles. The van der Waals surface area contributed by atoms with Crippen LogP contribution in [0.25, 0.3) is 0 Å². The Hall–Kier alpha value is -3.58. The van der Waals surface area contributed by atoms with Crippen molar-refractivity contribution in [3.8, 4) is 0 Å². The molecule has 0 spiro atoms. The van der Waals surface area contributed by atoms with E-state index in [9.17, 15) is 14.4 Å². The predicted octanol–water partition coefficient (Wildman–Crippen LogP) is 4.94. The van der Waals surface area contributed by atoms with Gasteiger partial charge in [0.15, 0.2) is 0 Å². The van der Waals surface area contributed by atoms with Gasteiger partial charge in [0.05, 0.1) is 11.3 Å². The maximum absolute atomic E-state index is 12.8. The number of hydrogen-bond acceptors (Lipinski definition) is 4. The summed E-state index contributed by atoms with van der Waals surface area (Å²) in [7, 11) is 0. The Morgan fingerprint density at radius 2 is 1.45 bits per heavy atom. The van der Waals surface area contributed by atoms with Crippen molar-refractivity contribution in [2.24, 2.45) is 0 Å². The molecule has 6 nitrogen and oxygen atoms in total. The van der Waals surface area contributed by atoms with Crippen molar-refractivity contribution in [2.75, 3.05) is 21.7 Å². The van der Waals surface area contributed by atoms with Crippen LogP contribution in [0.15, 0.2) is 77.7 Å². The SMILES string of the molecule is CC(=O)Nc1cccc(NC(=O)c2ccccc2SCC(=O)Nc2ccc(C)cc2)c1. The van der Waals surface area contributed by atoms with Gasteiger partial charge in [0, 0.05) is 28.9 Å². The number of thioether (sulfide) groups is 1. The molecule has 0 bridgehead atoms. The van der Waals surface area contributed by atoms with E-state index in [0.717, 1.165) is 11.3 Å². The van der Waals surface area contributed by atoms with Crippen LogP contribution in [0.2, 0.25) is 0 Å². The van der Waals surface area contributed by atoms with E-state index in [-0.39, 0.29) is 23.5 Å². The molecule has 0 unspecified atom stereocenters. The Morgan fingerprint density at radius 1 is 0.774 bits per heavy atom. The topological polar surface area (TPSA) is 87.3 Å². The zero-order valence-electron chi connectivity index (χ0n) is 17.3. The van der Waals surface area contributed by atoms with E-state index in [0.29, 0.717) is 21.8 Å². The Bertz CT molecular complexity index is 1100. The molecule has 0 saturated heterocycles. The molecule has 0 aliphatic carbocycles. The summed E-state index contributed by atoms with van der Waals surface area (Å²) >= 11 is 1.30. The number of nitrogens with one attached hydrogen (secondary N) is 3. The molecule has 0 heterocycles. The summed E-state index contributed by atoms with van der Waals surface area (Å²) in [5.74, 6) is -0.445. The Balaban J connectivity index is 1.64. The monoisotopic (exact) mass is 433 g/mol. The summed E-state index contributed by atoms with van der Waals surface area (Å²) in [5.41, 5.74) is 3.49. The van der Waals surface area contributed by atoms with Crippen LogP contribution >= 0.6 is 11.8 Å². The van der Waals surface area contributed by atoms with Crippen LogP contribution in [-0.2, 0) is 9.59 Å². The first-order valence-electron chi connectivity index (χ1n) is 9.68. The third kappa shape index (κ3) is 6.72. The van der Waals surface area contributed by atoms with Crippen molar-refractivity contribution in [1.82, 2.24) is 0 Å². The number of carbonyl (C=O) groups excluding carboxylic acids is 3. The second-order valence-corrected chi connectivity index (χ2v) is 7.93. The summed E-state index contributed by atoms with van der Waals surface area (Å²) in [5, 5.41) is 8.38. The summed E-state index contributed by atoms with van der Waals surface area (Å²) in [6, 6.07) is 21.6. The average molecular weight is 434 g/mol. The van der Waals surface area contributed by atoms with Crippen molar-refractivity contribution in [3.05, 3.63) is 83.9 Å². The molecule has 3 rings (SSSR count). The van der Waals surface area contributed by atoms with Gasteiger partial charge in [-0.15, -0.1) is 11.8 Å². The predicted molar refractivity (Wildman–Crippen MR) is 126 cm³/mol. The zero-order chi connectivity index (χ0) is 22.2. The molecular formula is C24H23N3O3S. The highest BCUT2D eigenvalue weighted by atomic mass is 32.2. The fourth-order valence-electron chi connectivity index (χ4n) is 2.83. The van der Waals surface area contributed by atoms with E-state index in [1.807, 2.05) is 43.3 Å². The van der Waals surface area contributed by atoms with Gasteiger partial charge in [-0.25, -0.2) is 0 Å². The van der Waals surface area contributed by atoms with E-state index in [1.54, 1.807) is 36.4 Å². The lowest BCUT2D eigenvalue weighted by atomic mass is 10.2. The molecule has 0 aliphatic heterocycles. The highest BCUT2D eigenvalue weighted by molar-refractivity contribution is 8.00. The van der Waals surface area contributed by atoms with Crippen molar-refractivity contribution in [3.63, 3.8) is 0 Å². The standard InChI is InChI=1S/C24H23N3O3S/c1-16-10-12-18(13-11-16)26-23(29)15-31-22-9-4-3-8-21(22)24(30)27-20-7-5-6-19(14-20)25-17(2)28/h3-14H,15H2,1-2H3,(H,25,28)(H,26,29)(H,27,30). The Morgan fingerprint density at radius 3 is 2.16 bits per heavy atom. The molecule has 0 fully saturated rings. The molecular weight excluding hydrogens is 410 g/mol. The quantitative estimate of drug-likeness (QED) is 0.461. The maximum atomic E-state index is 12.8. The van der Waals surface area contributed by atoms with Crippen LogP contribution in [0, 0.1) is 6.92 Å². The first-order chi connectivity index (χ1) is 14.9. The minimum absolute atomic E-state index is 0.146. The first-order valence-corrected chi connectivity index (χ1v) is 10.7. The molecule has 3 amide bonds. The van der Waals surface area contributed by atoms with Crippen molar-refractivity contribution >= 4 is 46.5 Å². The molecule has 3 N–H and O–H groups in total. The van der Waals surface area contributed by atoms with Crippen molar-refractivity contribution < 1.29 is 14.4 Å². The normalized spacial score (nSPS) is 10.3. The van der Waals surface area contributed by atoms with Gasteiger partial charge < -0.3 is 16.0 Å². The second kappa shape index (κ2) is 10.4. The molecule has 0 radical (unpaired) electrons. The number of carbonyl (C=O) groups is 3. The number of anilines is 3. The maximum Gasteiger partial charge on any atom is 0.256 e. The third-order valence-corrected chi connectivity index (χ3v) is 5.34. The minimum atomic E-state index is -0.290. The van der Waals surface area contributed by atoms with Crippen LogP contribution < -0.4 is 16.0 Å². The Kier molecular flexibility index (Phi) is 7.45. The molecule has 31 heavy (non-hydrogen) atoms. The number of rotatable bonds is 7. The summed E-state index contributed by atoms with van der Waals surface area (Å²) in [4.78, 5) is 37.1. The fourth-order valence-corrected chi connectivity index (χ4v) is 3.68. The van der Waals surface area contributed by atoms with E-state index >= 15 is 0 Å². The third-order valence-electron chi connectivity index (χ3n) is 4.27. The molecule has 3 aromatic rings. The second-order valence-electron chi connectivity index (χ2n) is 6.92. The molecule has 7 heteroatoms. The summed E-state index contributed by atoms with van der Waals surface area (Å²) in [6.07, 6.45) is 0. The lowest BCUT2D eigenvalue weighted by Crippen LogP contribution is -2.16. The molecule has 0 saturated carbocycles. The van der Waals surface area contributed by atoms with Gasteiger partial charge in [0.2, 0.25) is 11.8 Å². The largest absolute Gasteiger partial charge is 0.326 e. The summed E-state index contributed by atoms with van der Waals surface area (Å²) < 4.78 is 0. The molecule has 158 valence electrons. The van der Waals surface area contributed by atoms with Gasteiger partial charge in [-0.3, -0.25) is 14.4 Å². The highest BCUT2D eigenvalue weighted by Crippen LogP contribution is 2.24. The van der Waals surface area contributed by atoms with Crippen LogP contribution in [0.3, 0.4) is 0 Å². The summed E-state index contributed by atoms with van der Waals surface area (Å²) in [6.45, 7) is 3.41. The van der Waals surface area contributed by atoms with Crippen molar-refractivity contribution in [2.45, 2.75) is 18.7 Å². The number of aryl methyl sites for hydroxylation is 1. The van der Waals surface area contributed by atoms with Gasteiger partial charge in [0.1, 0.15) is 0 Å². The number of amides is 3.